The third-order valence-electron chi connectivity index (χ3n) is 2.99. The van der Waals surface area contributed by atoms with Gasteiger partial charge >= 0.3 is 0 Å². The van der Waals surface area contributed by atoms with Crippen LogP contribution in [0.15, 0.2) is 42.7 Å². The number of ether oxygens (including phenoxy) is 1. The van der Waals surface area contributed by atoms with Crippen LogP contribution >= 0.6 is 0 Å². The van der Waals surface area contributed by atoms with Crippen LogP contribution in [-0.2, 0) is 4.74 Å². The summed E-state index contributed by atoms with van der Waals surface area (Å²) < 4.78 is 5.70. The van der Waals surface area contributed by atoms with Crippen LogP contribution in [-0.4, -0.2) is 8.07 Å². The lowest BCUT2D eigenvalue weighted by Crippen LogP contribution is -2.41. The summed E-state index contributed by atoms with van der Waals surface area (Å²) >= 11 is 0. The fraction of sp³-hybridized carbons (Fsp3) is 0.385. The van der Waals surface area contributed by atoms with E-state index in [9.17, 15) is 0 Å². The molecule has 2 heteroatoms. The Hall–Kier alpha value is -1.02. The highest BCUT2D eigenvalue weighted by Gasteiger charge is 2.46. The first-order valence-electron chi connectivity index (χ1n) is 5.40. The summed E-state index contributed by atoms with van der Waals surface area (Å²) in [4.78, 5) is 0. The number of hydrogen-bond donors (Lipinski definition) is 0. The molecule has 1 aliphatic rings. The predicted molar refractivity (Wildman–Crippen MR) is 66.5 cm³/mol. The molecule has 1 fully saturated rings. The molecule has 0 saturated carbocycles. The fourth-order valence-electron chi connectivity index (χ4n) is 2.24. The molecule has 15 heavy (non-hydrogen) atoms. The van der Waals surface area contributed by atoms with Gasteiger partial charge in [-0.25, -0.2) is 0 Å². The number of hydrogen-bond acceptors (Lipinski definition) is 1. The summed E-state index contributed by atoms with van der Waals surface area (Å²) in [6.45, 7) is 11.1. The number of benzene rings is 1. The Morgan fingerprint density at radius 2 is 1.73 bits per heavy atom. The van der Waals surface area contributed by atoms with Gasteiger partial charge in [-0.3, -0.25) is 0 Å². The van der Waals surface area contributed by atoms with Crippen molar-refractivity contribution in [2.24, 2.45) is 0 Å². The van der Waals surface area contributed by atoms with E-state index in [-0.39, 0.29) is 6.10 Å². The van der Waals surface area contributed by atoms with Gasteiger partial charge in [0, 0.05) is 0 Å². The standard InChI is InChI=1S/C13H18OSi/c1-10-13(15(2,3)4)12(14-10)11-8-6-5-7-9-11/h5-9,12-13H,1H2,2-4H3. The van der Waals surface area contributed by atoms with E-state index < -0.39 is 8.07 Å². The first-order chi connectivity index (χ1) is 7.00. The molecule has 1 aromatic rings. The summed E-state index contributed by atoms with van der Waals surface area (Å²) in [6, 6.07) is 10.5. The maximum absolute atomic E-state index is 5.70. The molecule has 1 nitrogen and oxygen atoms in total. The molecule has 0 aromatic heterocycles. The molecule has 1 aromatic carbocycles. The largest absolute Gasteiger partial charge is 0.490 e. The second kappa shape index (κ2) is 3.53. The van der Waals surface area contributed by atoms with Crippen LogP contribution in [0.3, 0.4) is 0 Å². The topological polar surface area (TPSA) is 9.23 Å². The maximum atomic E-state index is 5.70. The third kappa shape index (κ3) is 1.86. The Kier molecular flexibility index (Phi) is 2.47. The van der Waals surface area contributed by atoms with Crippen LogP contribution in [0.25, 0.3) is 0 Å². The van der Waals surface area contributed by atoms with Gasteiger partial charge < -0.3 is 4.74 Å². The molecule has 1 saturated heterocycles. The molecule has 0 bridgehead atoms. The Bertz CT molecular complexity index is 364. The van der Waals surface area contributed by atoms with Crippen molar-refractivity contribution in [1.29, 1.82) is 0 Å². The molecular weight excluding hydrogens is 200 g/mol. The van der Waals surface area contributed by atoms with Crippen LogP contribution in [0.1, 0.15) is 11.7 Å². The Labute approximate surface area is 92.8 Å². The van der Waals surface area contributed by atoms with E-state index in [1.54, 1.807) is 0 Å². The van der Waals surface area contributed by atoms with Crippen molar-refractivity contribution in [3.05, 3.63) is 48.2 Å². The van der Waals surface area contributed by atoms with E-state index in [2.05, 4.69) is 50.5 Å². The highest BCUT2D eigenvalue weighted by atomic mass is 28.3. The van der Waals surface area contributed by atoms with Crippen molar-refractivity contribution in [2.45, 2.75) is 31.3 Å². The molecule has 2 atom stereocenters. The van der Waals surface area contributed by atoms with Gasteiger partial charge in [-0.05, 0) is 5.56 Å². The lowest BCUT2D eigenvalue weighted by Gasteiger charge is -2.46. The third-order valence-corrected chi connectivity index (χ3v) is 5.48. The molecule has 2 rings (SSSR count). The monoisotopic (exact) mass is 218 g/mol. The van der Waals surface area contributed by atoms with Crippen LogP contribution in [0.4, 0.5) is 0 Å². The van der Waals surface area contributed by atoms with Gasteiger partial charge in [-0.15, -0.1) is 0 Å². The second-order valence-corrected chi connectivity index (χ2v) is 10.6. The molecular formula is C13H18OSi. The zero-order chi connectivity index (χ0) is 11.1. The first kappa shape index (κ1) is 10.5. The molecule has 1 aliphatic heterocycles. The lowest BCUT2D eigenvalue weighted by molar-refractivity contribution is 0.0177. The van der Waals surface area contributed by atoms with Crippen molar-refractivity contribution in [2.75, 3.05) is 0 Å². The molecule has 80 valence electrons. The quantitative estimate of drug-likeness (QED) is 0.682. The molecule has 1 heterocycles. The summed E-state index contributed by atoms with van der Waals surface area (Å²) in [5.41, 5.74) is 1.86. The van der Waals surface area contributed by atoms with Gasteiger partial charge in [0.25, 0.3) is 0 Å². The molecule has 0 radical (unpaired) electrons. The summed E-state index contributed by atoms with van der Waals surface area (Å²) in [6.07, 6.45) is 0.255. The van der Waals surface area contributed by atoms with Gasteiger partial charge in [0.05, 0.1) is 19.4 Å². The summed E-state index contributed by atoms with van der Waals surface area (Å²) in [5.74, 6) is 0.989. The van der Waals surface area contributed by atoms with Gasteiger partial charge in [0.15, 0.2) is 0 Å². The molecule has 0 spiro atoms. The average molecular weight is 218 g/mol. The van der Waals surface area contributed by atoms with Crippen LogP contribution in [0.2, 0.25) is 25.2 Å². The predicted octanol–water partition coefficient (Wildman–Crippen LogP) is 3.98. The van der Waals surface area contributed by atoms with Gasteiger partial charge in [0.1, 0.15) is 6.10 Å². The van der Waals surface area contributed by atoms with E-state index >= 15 is 0 Å². The van der Waals surface area contributed by atoms with Crippen molar-refractivity contribution < 1.29 is 4.74 Å². The minimum atomic E-state index is -1.21. The highest BCUT2D eigenvalue weighted by molar-refractivity contribution is 6.78. The van der Waals surface area contributed by atoms with E-state index in [1.165, 1.54) is 5.56 Å². The Morgan fingerprint density at radius 1 is 1.13 bits per heavy atom. The Morgan fingerprint density at radius 3 is 2.20 bits per heavy atom. The van der Waals surface area contributed by atoms with E-state index in [4.69, 9.17) is 4.74 Å². The van der Waals surface area contributed by atoms with Crippen molar-refractivity contribution >= 4 is 8.07 Å². The van der Waals surface area contributed by atoms with E-state index in [0.29, 0.717) is 5.54 Å². The molecule has 0 amide bonds. The minimum Gasteiger partial charge on any atom is -0.490 e. The van der Waals surface area contributed by atoms with Crippen LogP contribution < -0.4 is 0 Å². The molecule has 2 unspecified atom stereocenters. The van der Waals surface area contributed by atoms with Crippen molar-refractivity contribution in [3.63, 3.8) is 0 Å². The minimum absolute atomic E-state index is 0.255. The van der Waals surface area contributed by atoms with Gasteiger partial charge in [-0.1, -0.05) is 56.6 Å². The summed E-state index contributed by atoms with van der Waals surface area (Å²) in [7, 11) is -1.21. The zero-order valence-electron chi connectivity index (χ0n) is 9.66. The smallest absolute Gasteiger partial charge is 0.131 e. The first-order valence-corrected chi connectivity index (χ1v) is 8.98. The molecule has 0 N–H and O–H groups in total. The zero-order valence-corrected chi connectivity index (χ0v) is 10.7. The van der Waals surface area contributed by atoms with E-state index in [1.807, 2.05) is 6.07 Å². The highest BCUT2D eigenvalue weighted by Crippen LogP contribution is 2.52. The molecule has 0 aliphatic carbocycles. The number of rotatable bonds is 2. The van der Waals surface area contributed by atoms with Crippen LogP contribution in [0, 0.1) is 0 Å². The van der Waals surface area contributed by atoms with Crippen molar-refractivity contribution in [1.82, 2.24) is 0 Å². The normalized spacial score (nSPS) is 25.7. The maximum Gasteiger partial charge on any atom is 0.131 e. The Balaban J connectivity index is 2.23. The lowest BCUT2D eigenvalue weighted by atomic mass is 10.0. The second-order valence-electron chi connectivity index (χ2n) is 5.26. The van der Waals surface area contributed by atoms with Gasteiger partial charge in [-0.2, -0.15) is 0 Å². The SMILES string of the molecule is C=C1OC(c2ccccc2)C1[Si](C)(C)C. The van der Waals surface area contributed by atoms with Crippen LogP contribution in [0.5, 0.6) is 0 Å². The average Bonchev–Trinajstić information content (AvgIpc) is 2.12. The van der Waals surface area contributed by atoms with E-state index in [0.717, 1.165) is 5.76 Å². The van der Waals surface area contributed by atoms with Crippen molar-refractivity contribution in [3.8, 4) is 0 Å². The summed E-state index contributed by atoms with van der Waals surface area (Å²) in [5, 5.41) is 0. The van der Waals surface area contributed by atoms with Gasteiger partial charge in [0.2, 0.25) is 0 Å². The fourth-order valence-corrected chi connectivity index (χ4v) is 4.44.